The van der Waals surface area contributed by atoms with Gasteiger partial charge in [-0.2, -0.15) is 0 Å². The second-order valence-corrected chi connectivity index (χ2v) is 6.43. The van der Waals surface area contributed by atoms with E-state index < -0.39 is 0 Å². The number of nitrogens with one attached hydrogen (secondary N) is 1. The summed E-state index contributed by atoms with van der Waals surface area (Å²) < 4.78 is 11.0. The number of methoxy groups -OCH3 is 1. The number of benzene rings is 1. The first-order valence-corrected chi connectivity index (χ1v) is 8.77. The zero-order valence-corrected chi connectivity index (χ0v) is 14.8. The third-order valence-corrected chi connectivity index (χ3v) is 4.70. The van der Waals surface area contributed by atoms with Gasteiger partial charge in [0.2, 0.25) is 0 Å². The molecule has 26 heavy (non-hydrogen) atoms. The molecule has 1 unspecified atom stereocenters. The number of aromatic amines is 1. The van der Waals surface area contributed by atoms with Gasteiger partial charge in [-0.1, -0.05) is 18.2 Å². The van der Waals surface area contributed by atoms with E-state index in [4.69, 9.17) is 15.2 Å². The summed E-state index contributed by atoms with van der Waals surface area (Å²) in [5.74, 6) is 0.921. The monoisotopic (exact) mass is 353 g/mol. The largest absolute Gasteiger partial charge is 0.380 e. The Bertz CT molecular complexity index is 895. The smallest absolute Gasteiger partial charge is 0.143 e. The molecule has 7 nitrogen and oxygen atoms in total. The van der Waals surface area contributed by atoms with E-state index in [1.54, 1.807) is 13.4 Å². The summed E-state index contributed by atoms with van der Waals surface area (Å²) in [5.41, 5.74) is 9.97. The summed E-state index contributed by atoms with van der Waals surface area (Å²) in [6, 6.07) is 8.35. The van der Waals surface area contributed by atoms with E-state index in [-0.39, 0.29) is 6.10 Å². The van der Waals surface area contributed by atoms with Crippen molar-refractivity contribution >= 4 is 16.9 Å². The Balaban J connectivity index is 1.78. The van der Waals surface area contributed by atoms with Gasteiger partial charge in [0.25, 0.3) is 0 Å². The fraction of sp³-hybridized carbons (Fsp3) is 0.368. The Labute approximate surface area is 152 Å². The van der Waals surface area contributed by atoms with Crippen LogP contribution in [0.25, 0.3) is 22.2 Å². The minimum atomic E-state index is 0.0289. The van der Waals surface area contributed by atoms with Crippen LogP contribution in [0.2, 0.25) is 0 Å². The maximum Gasteiger partial charge on any atom is 0.143 e. The molecule has 1 aliphatic heterocycles. The summed E-state index contributed by atoms with van der Waals surface area (Å²) in [7, 11) is 1.70. The second kappa shape index (κ2) is 7.41. The topological polar surface area (TPSA) is 89.3 Å². The molecule has 1 aromatic carbocycles. The van der Waals surface area contributed by atoms with Gasteiger partial charge in [0, 0.05) is 38.5 Å². The third kappa shape index (κ3) is 3.16. The molecule has 0 amide bonds. The molecule has 3 heterocycles. The molecule has 1 atom stereocenters. The molecular formula is C19H23N5O2. The normalized spacial score (nSPS) is 17.8. The molecular weight excluding hydrogens is 330 g/mol. The molecule has 1 fully saturated rings. The van der Waals surface area contributed by atoms with Crippen molar-refractivity contribution in [3.05, 3.63) is 42.4 Å². The third-order valence-electron chi connectivity index (χ3n) is 4.70. The lowest BCUT2D eigenvalue weighted by atomic mass is 10.0. The summed E-state index contributed by atoms with van der Waals surface area (Å²) >= 11 is 0. The number of morpholine rings is 1. The predicted molar refractivity (Wildman–Crippen MR) is 101 cm³/mol. The van der Waals surface area contributed by atoms with Crippen molar-refractivity contribution in [3.63, 3.8) is 0 Å². The van der Waals surface area contributed by atoms with Crippen LogP contribution in [0, 0.1) is 0 Å². The van der Waals surface area contributed by atoms with Crippen LogP contribution in [0.1, 0.15) is 5.56 Å². The Morgan fingerprint density at radius 2 is 2.31 bits per heavy atom. The van der Waals surface area contributed by atoms with E-state index in [1.807, 2.05) is 12.3 Å². The van der Waals surface area contributed by atoms with Gasteiger partial charge in [-0.15, -0.1) is 0 Å². The fourth-order valence-corrected chi connectivity index (χ4v) is 3.46. The minimum absolute atomic E-state index is 0.0289. The Kier molecular flexibility index (Phi) is 4.83. The van der Waals surface area contributed by atoms with Gasteiger partial charge >= 0.3 is 0 Å². The molecule has 2 aromatic heterocycles. The maximum absolute atomic E-state index is 5.80. The predicted octanol–water partition coefficient (Wildman–Crippen LogP) is 1.94. The zero-order chi connectivity index (χ0) is 17.9. The Hall–Kier alpha value is -2.48. The summed E-state index contributed by atoms with van der Waals surface area (Å²) in [6.45, 7) is 3.26. The average molecular weight is 353 g/mol. The van der Waals surface area contributed by atoms with E-state index in [9.17, 15) is 0 Å². The van der Waals surface area contributed by atoms with E-state index >= 15 is 0 Å². The highest BCUT2D eigenvalue weighted by atomic mass is 16.5. The fourth-order valence-electron chi connectivity index (χ4n) is 3.46. The van der Waals surface area contributed by atoms with Crippen molar-refractivity contribution in [2.45, 2.75) is 12.7 Å². The zero-order valence-electron chi connectivity index (χ0n) is 14.8. The lowest BCUT2D eigenvalue weighted by Crippen LogP contribution is -2.46. The number of nitrogens with two attached hydrogens (primary N) is 1. The van der Waals surface area contributed by atoms with Crippen LogP contribution < -0.4 is 10.6 Å². The Morgan fingerprint density at radius 1 is 1.38 bits per heavy atom. The molecule has 1 aliphatic rings. The number of aromatic nitrogens is 3. The highest BCUT2D eigenvalue weighted by Gasteiger charge is 2.24. The van der Waals surface area contributed by atoms with Crippen molar-refractivity contribution < 1.29 is 9.47 Å². The number of anilines is 1. The van der Waals surface area contributed by atoms with Crippen LogP contribution >= 0.6 is 0 Å². The quantitative estimate of drug-likeness (QED) is 0.729. The number of H-pyrrole nitrogens is 1. The van der Waals surface area contributed by atoms with E-state index in [1.165, 1.54) is 0 Å². The van der Waals surface area contributed by atoms with Gasteiger partial charge < -0.3 is 25.1 Å². The van der Waals surface area contributed by atoms with Gasteiger partial charge in [-0.25, -0.2) is 9.97 Å². The van der Waals surface area contributed by atoms with Crippen molar-refractivity contribution in [3.8, 4) is 11.1 Å². The molecule has 0 bridgehead atoms. The Morgan fingerprint density at radius 3 is 3.15 bits per heavy atom. The first-order valence-electron chi connectivity index (χ1n) is 8.77. The van der Waals surface area contributed by atoms with Crippen LogP contribution in [0.3, 0.4) is 0 Å². The molecule has 7 heteroatoms. The van der Waals surface area contributed by atoms with Crippen molar-refractivity contribution in [1.82, 2.24) is 15.0 Å². The lowest BCUT2D eigenvalue weighted by Gasteiger charge is -2.33. The van der Waals surface area contributed by atoms with Gasteiger partial charge in [-0.3, -0.25) is 0 Å². The van der Waals surface area contributed by atoms with Gasteiger partial charge in [0.1, 0.15) is 17.8 Å². The van der Waals surface area contributed by atoms with Crippen molar-refractivity contribution in [1.29, 1.82) is 0 Å². The first kappa shape index (κ1) is 17.0. The van der Waals surface area contributed by atoms with Crippen molar-refractivity contribution in [2.75, 3.05) is 38.3 Å². The molecule has 1 saturated heterocycles. The number of hydrogen-bond acceptors (Lipinski definition) is 6. The molecule has 3 aromatic rings. The summed E-state index contributed by atoms with van der Waals surface area (Å²) in [6.07, 6.45) is 3.63. The maximum atomic E-state index is 5.80. The molecule has 4 rings (SSSR count). The minimum Gasteiger partial charge on any atom is -0.380 e. The van der Waals surface area contributed by atoms with Crippen LogP contribution in [0.4, 0.5) is 5.82 Å². The highest BCUT2D eigenvalue weighted by Crippen LogP contribution is 2.34. The number of nitrogens with zero attached hydrogens (tertiary/aromatic N) is 3. The van der Waals surface area contributed by atoms with Gasteiger partial charge in [0.15, 0.2) is 0 Å². The number of ether oxygens (including phenoxy) is 2. The van der Waals surface area contributed by atoms with Crippen LogP contribution in [-0.4, -0.2) is 54.4 Å². The van der Waals surface area contributed by atoms with E-state index in [0.717, 1.165) is 46.6 Å². The van der Waals surface area contributed by atoms with Crippen LogP contribution in [-0.2, 0) is 16.1 Å². The summed E-state index contributed by atoms with van der Waals surface area (Å²) in [5, 5.41) is 1.03. The molecule has 3 N–H and O–H groups in total. The average Bonchev–Trinajstić information content (AvgIpc) is 3.13. The standard InChI is InChI=1S/C19H23N5O2/c1-25-11-13-3-2-4-14(7-13)16-9-21-18-17(16)19(23-12-22-18)24-5-6-26-15(8-20)10-24/h2-4,7,9,12,15H,5-6,8,10-11,20H2,1H3,(H,21,22,23). The SMILES string of the molecule is COCc1cccc(-c2c[nH]c3ncnc(N4CCOC(CN)C4)c23)c1. The first-order chi connectivity index (χ1) is 12.8. The molecule has 0 radical (unpaired) electrons. The van der Waals surface area contributed by atoms with E-state index in [0.29, 0.717) is 19.8 Å². The number of rotatable bonds is 5. The highest BCUT2D eigenvalue weighted by molar-refractivity contribution is 6.01. The molecule has 0 spiro atoms. The molecule has 0 saturated carbocycles. The number of fused-ring (bicyclic) bond motifs is 1. The number of hydrogen-bond donors (Lipinski definition) is 2. The molecule has 136 valence electrons. The second-order valence-electron chi connectivity index (χ2n) is 6.43. The molecule has 0 aliphatic carbocycles. The van der Waals surface area contributed by atoms with E-state index in [2.05, 4.69) is 38.1 Å². The van der Waals surface area contributed by atoms with Crippen LogP contribution in [0.5, 0.6) is 0 Å². The lowest BCUT2D eigenvalue weighted by molar-refractivity contribution is 0.0464. The van der Waals surface area contributed by atoms with Crippen LogP contribution in [0.15, 0.2) is 36.8 Å². The summed E-state index contributed by atoms with van der Waals surface area (Å²) in [4.78, 5) is 14.5. The van der Waals surface area contributed by atoms with Gasteiger partial charge in [0.05, 0.1) is 24.7 Å². The van der Waals surface area contributed by atoms with Crippen molar-refractivity contribution in [2.24, 2.45) is 5.73 Å². The van der Waals surface area contributed by atoms with Gasteiger partial charge in [-0.05, 0) is 17.2 Å².